The highest BCUT2D eigenvalue weighted by atomic mass is 79.9. The molecule has 196 valence electrons. The highest BCUT2D eigenvalue weighted by molar-refractivity contribution is 9.10. The van der Waals surface area contributed by atoms with Crippen LogP contribution >= 0.6 is 15.9 Å². The maximum atomic E-state index is 13.2. The van der Waals surface area contributed by atoms with Crippen LogP contribution in [0.1, 0.15) is 24.5 Å². The highest BCUT2D eigenvalue weighted by Gasteiger charge is 2.29. The lowest BCUT2D eigenvalue weighted by Gasteiger charge is -2.23. The predicted octanol–water partition coefficient (Wildman–Crippen LogP) is 5.41. The zero-order chi connectivity index (χ0) is 26.8. The predicted molar refractivity (Wildman–Crippen MR) is 153 cm³/mol. The number of benzene rings is 3. The zero-order valence-corrected chi connectivity index (χ0v) is 23.1. The smallest absolute Gasteiger partial charge is 0.258 e. The quantitative estimate of drug-likeness (QED) is 0.349. The summed E-state index contributed by atoms with van der Waals surface area (Å²) in [6, 6.07) is 19.0. The van der Waals surface area contributed by atoms with E-state index in [2.05, 4.69) is 31.5 Å². The molecule has 2 aliphatic heterocycles. The minimum Gasteiger partial charge on any atom is -0.454 e. The summed E-state index contributed by atoms with van der Waals surface area (Å²) in [6.07, 6.45) is 0.873. The molecule has 0 spiro atoms. The van der Waals surface area contributed by atoms with Gasteiger partial charge in [0.1, 0.15) is 0 Å². The van der Waals surface area contributed by atoms with Gasteiger partial charge in [-0.1, -0.05) is 22.0 Å². The average Bonchev–Trinajstić information content (AvgIpc) is 3.48. The van der Waals surface area contributed by atoms with Gasteiger partial charge in [-0.25, -0.2) is 0 Å². The van der Waals surface area contributed by atoms with Crippen LogP contribution in [0, 0.1) is 0 Å². The van der Waals surface area contributed by atoms with Crippen LogP contribution in [0.2, 0.25) is 0 Å². The Labute approximate surface area is 230 Å². The molecule has 3 aromatic rings. The normalized spacial score (nSPS) is 14.8. The number of fused-ring (bicyclic) bond motifs is 2. The van der Waals surface area contributed by atoms with Crippen LogP contribution in [-0.2, 0) is 9.59 Å². The molecule has 0 bridgehead atoms. The standard InChI is InChI=1S/C29H29BrN4O4/c1-18(35)34(14-4-13-33(2)3)22-9-7-21(8-10-22)31-28(19-5-12-25-26(15-19)38-17-37-25)27-23-11-6-20(30)16-24(23)32-29(27)36/h5-12,15-16,31H,4,13-14,17H2,1-3H3,(H,32,36). The molecule has 0 aliphatic carbocycles. The van der Waals surface area contributed by atoms with Gasteiger partial charge in [-0.2, -0.15) is 0 Å². The van der Waals surface area contributed by atoms with Crippen LogP contribution in [0.5, 0.6) is 11.5 Å². The lowest BCUT2D eigenvalue weighted by molar-refractivity contribution is -0.116. The van der Waals surface area contributed by atoms with Crippen LogP contribution in [0.25, 0.3) is 11.3 Å². The van der Waals surface area contributed by atoms with E-state index >= 15 is 0 Å². The van der Waals surface area contributed by atoms with Gasteiger partial charge in [-0.15, -0.1) is 0 Å². The van der Waals surface area contributed by atoms with E-state index in [4.69, 9.17) is 9.47 Å². The molecule has 0 atom stereocenters. The van der Waals surface area contributed by atoms with Crippen molar-refractivity contribution in [3.63, 3.8) is 0 Å². The number of hydrogen-bond donors (Lipinski definition) is 2. The van der Waals surface area contributed by atoms with Crippen LogP contribution in [0.15, 0.2) is 65.1 Å². The highest BCUT2D eigenvalue weighted by Crippen LogP contribution is 2.41. The molecule has 2 amide bonds. The van der Waals surface area contributed by atoms with Gasteiger partial charge in [-0.3, -0.25) is 9.59 Å². The molecule has 5 rings (SSSR count). The van der Waals surface area contributed by atoms with Gasteiger partial charge in [-0.05, 0) is 81.7 Å². The molecule has 2 heterocycles. The minimum atomic E-state index is -0.196. The van der Waals surface area contributed by atoms with Crippen molar-refractivity contribution < 1.29 is 19.1 Å². The zero-order valence-electron chi connectivity index (χ0n) is 21.5. The second-order valence-electron chi connectivity index (χ2n) is 9.46. The summed E-state index contributed by atoms with van der Waals surface area (Å²) in [5, 5.41) is 6.44. The van der Waals surface area contributed by atoms with Crippen molar-refractivity contribution in [2.24, 2.45) is 0 Å². The van der Waals surface area contributed by atoms with Gasteiger partial charge in [0.2, 0.25) is 12.7 Å². The maximum Gasteiger partial charge on any atom is 0.258 e. The molecular formula is C29H29BrN4O4. The van der Waals surface area contributed by atoms with E-state index in [9.17, 15) is 9.59 Å². The second-order valence-corrected chi connectivity index (χ2v) is 10.4. The number of anilines is 3. The van der Waals surface area contributed by atoms with Crippen molar-refractivity contribution in [2.45, 2.75) is 13.3 Å². The Kier molecular flexibility index (Phi) is 7.40. The monoisotopic (exact) mass is 576 g/mol. The van der Waals surface area contributed by atoms with E-state index in [1.54, 1.807) is 11.8 Å². The Hall–Kier alpha value is -3.82. The third-order valence-corrected chi connectivity index (χ3v) is 6.95. The first kappa shape index (κ1) is 25.8. The number of amides is 2. The van der Waals surface area contributed by atoms with Gasteiger partial charge < -0.3 is 29.9 Å². The third-order valence-electron chi connectivity index (χ3n) is 6.45. The average molecular weight is 577 g/mol. The molecule has 0 unspecified atom stereocenters. The number of halogens is 1. The molecule has 9 heteroatoms. The molecule has 0 saturated carbocycles. The molecule has 3 aromatic carbocycles. The molecular weight excluding hydrogens is 548 g/mol. The van der Waals surface area contributed by atoms with Crippen molar-refractivity contribution in [3.8, 4) is 11.5 Å². The molecule has 38 heavy (non-hydrogen) atoms. The fourth-order valence-electron chi connectivity index (χ4n) is 4.61. The lowest BCUT2D eigenvalue weighted by Crippen LogP contribution is -2.31. The number of carbonyl (C=O) groups is 2. The SMILES string of the molecule is CC(=O)N(CCCN(C)C)c1ccc(NC(=C2C(=O)Nc3cc(Br)ccc32)c2ccc3c(c2)OCO3)cc1. The van der Waals surface area contributed by atoms with Gasteiger partial charge in [0.05, 0.1) is 17.0 Å². The summed E-state index contributed by atoms with van der Waals surface area (Å²) < 4.78 is 12.0. The van der Waals surface area contributed by atoms with E-state index in [1.807, 2.05) is 74.8 Å². The fraction of sp³-hybridized carbons (Fsp3) is 0.241. The lowest BCUT2D eigenvalue weighted by atomic mass is 9.99. The van der Waals surface area contributed by atoms with Crippen molar-refractivity contribution in [3.05, 3.63) is 76.3 Å². The Morgan fingerprint density at radius 3 is 2.50 bits per heavy atom. The van der Waals surface area contributed by atoms with Crippen LogP contribution in [0.4, 0.5) is 17.1 Å². The van der Waals surface area contributed by atoms with Crippen LogP contribution in [0.3, 0.4) is 0 Å². The first-order valence-electron chi connectivity index (χ1n) is 12.4. The number of rotatable bonds is 8. The Morgan fingerprint density at radius 2 is 1.76 bits per heavy atom. The van der Waals surface area contributed by atoms with E-state index < -0.39 is 0 Å². The molecule has 2 aliphatic rings. The Morgan fingerprint density at radius 1 is 1.00 bits per heavy atom. The van der Waals surface area contributed by atoms with Gasteiger partial charge in [0.25, 0.3) is 5.91 Å². The van der Waals surface area contributed by atoms with E-state index in [0.29, 0.717) is 29.3 Å². The largest absolute Gasteiger partial charge is 0.454 e. The van der Waals surface area contributed by atoms with E-state index in [1.165, 1.54) is 0 Å². The molecule has 2 N–H and O–H groups in total. The number of nitrogens with zero attached hydrogens (tertiary/aromatic N) is 2. The van der Waals surface area contributed by atoms with Gasteiger partial charge in [0, 0.05) is 40.4 Å². The summed E-state index contributed by atoms with van der Waals surface area (Å²) in [5.41, 5.74) is 5.11. The number of carbonyl (C=O) groups excluding carboxylic acids is 2. The summed E-state index contributed by atoms with van der Waals surface area (Å²) in [7, 11) is 4.04. The number of nitrogens with one attached hydrogen (secondary N) is 2. The molecule has 0 aromatic heterocycles. The third kappa shape index (κ3) is 5.39. The first-order valence-corrected chi connectivity index (χ1v) is 13.1. The van der Waals surface area contributed by atoms with Crippen molar-refractivity contribution in [1.29, 1.82) is 0 Å². The molecule has 0 saturated heterocycles. The molecule has 0 radical (unpaired) electrons. The fourth-order valence-corrected chi connectivity index (χ4v) is 4.97. The topological polar surface area (TPSA) is 83.1 Å². The summed E-state index contributed by atoms with van der Waals surface area (Å²) in [4.78, 5) is 29.4. The van der Waals surface area contributed by atoms with Crippen LogP contribution in [-0.4, -0.2) is 50.7 Å². The van der Waals surface area contributed by atoms with E-state index in [0.717, 1.165) is 45.6 Å². The van der Waals surface area contributed by atoms with Crippen molar-refractivity contribution >= 4 is 56.1 Å². The molecule has 8 nitrogen and oxygen atoms in total. The first-order chi connectivity index (χ1) is 18.3. The van der Waals surface area contributed by atoms with Gasteiger partial charge >= 0.3 is 0 Å². The minimum absolute atomic E-state index is 0.00183. The summed E-state index contributed by atoms with van der Waals surface area (Å²) in [5.74, 6) is 1.10. The summed E-state index contributed by atoms with van der Waals surface area (Å²) in [6.45, 7) is 3.28. The second kappa shape index (κ2) is 10.9. The summed E-state index contributed by atoms with van der Waals surface area (Å²) >= 11 is 3.48. The Balaban J connectivity index is 1.50. The Bertz CT molecular complexity index is 1420. The van der Waals surface area contributed by atoms with Crippen molar-refractivity contribution in [2.75, 3.05) is 49.5 Å². The molecule has 0 fully saturated rings. The number of ether oxygens (including phenoxy) is 2. The number of hydrogen-bond acceptors (Lipinski definition) is 6. The van der Waals surface area contributed by atoms with E-state index in [-0.39, 0.29) is 18.6 Å². The van der Waals surface area contributed by atoms with Crippen molar-refractivity contribution in [1.82, 2.24) is 4.90 Å². The maximum absolute atomic E-state index is 13.2. The van der Waals surface area contributed by atoms with Crippen LogP contribution < -0.4 is 25.0 Å². The van der Waals surface area contributed by atoms with Gasteiger partial charge in [0.15, 0.2) is 11.5 Å².